The van der Waals surface area contributed by atoms with E-state index in [4.69, 9.17) is 16.3 Å². The zero-order valence-corrected chi connectivity index (χ0v) is 15.9. The monoisotopic (exact) mass is 389 g/mol. The molecule has 9 heteroatoms. The molecule has 1 aliphatic heterocycles. The molecule has 0 saturated carbocycles. The molecule has 0 aliphatic carbocycles. The van der Waals surface area contributed by atoms with E-state index < -0.39 is 10.0 Å². The summed E-state index contributed by atoms with van der Waals surface area (Å²) >= 11 is 5.92. The summed E-state index contributed by atoms with van der Waals surface area (Å²) in [5.41, 5.74) is 0.374. The lowest BCUT2D eigenvalue weighted by molar-refractivity contribution is -0.119. The van der Waals surface area contributed by atoms with Crippen LogP contribution in [-0.2, 0) is 19.6 Å². The maximum absolute atomic E-state index is 12.1. The molecule has 1 fully saturated rings. The third kappa shape index (κ3) is 6.81. The van der Waals surface area contributed by atoms with Crippen molar-refractivity contribution in [3.63, 3.8) is 0 Å². The number of morpholine rings is 1. The number of halogens is 1. The van der Waals surface area contributed by atoms with Crippen LogP contribution in [-0.4, -0.2) is 71.4 Å². The van der Waals surface area contributed by atoms with Crippen LogP contribution in [0.2, 0.25) is 5.02 Å². The summed E-state index contributed by atoms with van der Waals surface area (Å²) in [6, 6.07) is 6.43. The van der Waals surface area contributed by atoms with Crippen molar-refractivity contribution in [1.29, 1.82) is 0 Å². The highest BCUT2D eigenvalue weighted by atomic mass is 35.5. The van der Waals surface area contributed by atoms with E-state index in [9.17, 15) is 13.2 Å². The van der Waals surface area contributed by atoms with Crippen LogP contribution in [0, 0.1) is 0 Å². The SMILES string of the molecule is CS(=O)(=O)N(CC(=O)NCCCN1CCOCC1)c1cccc(Cl)c1. The highest BCUT2D eigenvalue weighted by molar-refractivity contribution is 7.92. The molecule has 1 saturated heterocycles. The molecule has 140 valence electrons. The number of ether oxygens (including phenoxy) is 1. The first-order chi connectivity index (χ1) is 11.9. The van der Waals surface area contributed by atoms with Gasteiger partial charge in [-0.1, -0.05) is 17.7 Å². The molecule has 0 atom stereocenters. The molecule has 0 unspecified atom stereocenters. The summed E-state index contributed by atoms with van der Waals surface area (Å²) in [5, 5.41) is 3.19. The van der Waals surface area contributed by atoms with Gasteiger partial charge in [-0.25, -0.2) is 8.42 Å². The standard InChI is InChI=1S/C16H24ClN3O4S/c1-25(22,23)20(15-5-2-4-14(17)12-15)13-16(21)18-6-3-7-19-8-10-24-11-9-19/h2,4-5,12H,3,6-11,13H2,1H3,(H,18,21). The van der Waals surface area contributed by atoms with Crippen LogP contribution in [0.1, 0.15) is 6.42 Å². The second kappa shape index (κ2) is 9.38. The molecule has 1 heterocycles. The van der Waals surface area contributed by atoms with Gasteiger partial charge in [0.1, 0.15) is 6.54 Å². The number of carbonyl (C=O) groups is 1. The first kappa shape index (κ1) is 20.0. The van der Waals surface area contributed by atoms with Crippen molar-refractivity contribution in [2.45, 2.75) is 6.42 Å². The van der Waals surface area contributed by atoms with Gasteiger partial charge < -0.3 is 10.1 Å². The number of hydrogen-bond acceptors (Lipinski definition) is 5. The van der Waals surface area contributed by atoms with E-state index in [1.54, 1.807) is 18.2 Å². The lowest BCUT2D eigenvalue weighted by Crippen LogP contribution is -2.41. The van der Waals surface area contributed by atoms with E-state index in [0.29, 0.717) is 17.3 Å². The Morgan fingerprint density at radius 2 is 2.08 bits per heavy atom. The van der Waals surface area contributed by atoms with Gasteiger partial charge in [-0.05, 0) is 31.2 Å². The first-order valence-corrected chi connectivity index (χ1v) is 10.4. The maximum Gasteiger partial charge on any atom is 0.240 e. The smallest absolute Gasteiger partial charge is 0.240 e. The molecular weight excluding hydrogens is 366 g/mol. The number of anilines is 1. The number of amides is 1. The second-order valence-electron chi connectivity index (χ2n) is 5.91. The van der Waals surface area contributed by atoms with Gasteiger partial charge in [0, 0.05) is 24.7 Å². The Bertz CT molecular complexity index is 678. The van der Waals surface area contributed by atoms with E-state index in [-0.39, 0.29) is 12.5 Å². The van der Waals surface area contributed by atoms with Crippen molar-refractivity contribution in [3.05, 3.63) is 29.3 Å². The highest BCUT2D eigenvalue weighted by Crippen LogP contribution is 2.21. The summed E-state index contributed by atoms with van der Waals surface area (Å²) in [6.07, 6.45) is 1.88. The Morgan fingerprint density at radius 1 is 1.36 bits per heavy atom. The lowest BCUT2D eigenvalue weighted by Gasteiger charge is -2.26. The molecule has 0 radical (unpaired) electrons. The van der Waals surface area contributed by atoms with Crippen LogP contribution < -0.4 is 9.62 Å². The van der Waals surface area contributed by atoms with Crippen LogP contribution in [0.5, 0.6) is 0 Å². The van der Waals surface area contributed by atoms with Gasteiger partial charge in [0.2, 0.25) is 15.9 Å². The summed E-state index contributed by atoms with van der Waals surface area (Å²) < 4.78 is 30.3. The van der Waals surface area contributed by atoms with Crippen molar-refractivity contribution in [3.8, 4) is 0 Å². The zero-order chi connectivity index (χ0) is 18.3. The molecule has 1 aromatic carbocycles. The maximum atomic E-state index is 12.1. The van der Waals surface area contributed by atoms with Gasteiger partial charge in [-0.15, -0.1) is 0 Å². The van der Waals surface area contributed by atoms with E-state index in [1.165, 1.54) is 6.07 Å². The predicted molar refractivity (Wildman–Crippen MR) is 98.5 cm³/mol. The minimum atomic E-state index is -3.59. The van der Waals surface area contributed by atoms with Gasteiger partial charge in [0.05, 0.1) is 25.2 Å². The van der Waals surface area contributed by atoms with Gasteiger partial charge in [-0.3, -0.25) is 14.0 Å². The number of sulfonamides is 1. The number of nitrogens with zero attached hydrogens (tertiary/aromatic N) is 2. The average molecular weight is 390 g/mol. The fraction of sp³-hybridized carbons (Fsp3) is 0.562. The summed E-state index contributed by atoms with van der Waals surface area (Å²) in [7, 11) is -3.59. The van der Waals surface area contributed by atoms with Crippen LogP contribution in [0.15, 0.2) is 24.3 Å². The van der Waals surface area contributed by atoms with Gasteiger partial charge >= 0.3 is 0 Å². The van der Waals surface area contributed by atoms with E-state index >= 15 is 0 Å². The normalized spacial score (nSPS) is 15.8. The molecule has 2 rings (SSSR count). The summed E-state index contributed by atoms with van der Waals surface area (Å²) in [5.74, 6) is -0.340. The topological polar surface area (TPSA) is 79.0 Å². The van der Waals surface area contributed by atoms with Crippen molar-refractivity contribution in [1.82, 2.24) is 10.2 Å². The number of nitrogens with one attached hydrogen (secondary N) is 1. The number of rotatable bonds is 8. The highest BCUT2D eigenvalue weighted by Gasteiger charge is 2.21. The fourth-order valence-electron chi connectivity index (χ4n) is 2.57. The van der Waals surface area contributed by atoms with Gasteiger partial charge in [0.15, 0.2) is 0 Å². The van der Waals surface area contributed by atoms with E-state index in [2.05, 4.69) is 10.2 Å². The van der Waals surface area contributed by atoms with Crippen molar-refractivity contribution in [2.75, 3.05) is 56.5 Å². The third-order valence-corrected chi connectivity index (χ3v) is 5.24. The minimum Gasteiger partial charge on any atom is -0.379 e. The van der Waals surface area contributed by atoms with Crippen LogP contribution in [0.4, 0.5) is 5.69 Å². The summed E-state index contributed by atoms with van der Waals surface area (Å²) in [6.45, 7) is 4.42. The largest absolute Gasteiger partial charge is 0.379 e. The number of benzene rings is 1. The average Bonchev–Trinajstić information content (AvgIpc) is 2.56. The molecule has 1 aromatic rings. The number of carbonyl (C=O) groups excluding carboxylic acids is 1. The predicted octanol–water partition coefficient (Wildman–Crippen LogP) is 0.945. The molecule has 0 spiro atoms. The molecule has 0 aromatic heterocycles. The Morgan fingerprint density at radius 3 is 2.72 bits per heavy atom. The first-order valence-electron chi connectivity index (χ1n) is 8.16. The second-order valence-corrected chi connectivity index (χ2v) is 8.25. The summed E-state index contributed by atoms with van der Waals surface area (Å²) in [4.78, 5) is 14.4. The molecule has 1 N–H and O–H groups in total. The van der Waals surface area contributed by atoms with Crippen molar-refractivity contribution in [2.24, 2.45) is 0 Å². The van der Waals surface area contributed by atoms with Gasteiger partial charge in [0.25, 0.3) is 0 Å². The molecule has 0 bridgehead atoms. The molecule has 25 heavy (non-hydrogen) atoms. The Labute approximate surface area is 153 Å². The molecule has 1 amide bonds. The fourth-order valence-corrected chi connectivity index (χ4v) is 3.61. The Hall–Kier alpha value is -1.35. The number of hydrogen-bond donors (Lipinski definition) is 1. The van der Waals surface area contributed by atoms with Crippen LogP contribution >= 0.6 is 11.6 Å². The van der Waals surface area contributed by atoms with Crippen molar-refractivity contribution >= 4 is 33.2 Å². The van der Waals surface area contributed by atoms with Crippen LogP contribution in [0.25, 0.3) is 0 Å². The molecule has 1 aliphatic rings. The quantitative estimate of drug-likeness (QED) is 0.669. The third-order valence-electron chi connectivity index (χ3n) is 3.86. The van der Waals surface area contributed by atoms with E-state index in [1.807, 2.05) is 0 Å². The Kier molecular flexibility index (Phi) is 7.49. The minimum absolute atomic E-state index is 0.267. The molecular formula is C16H24ClN3O4S. The van der Waals surface area contributed by atoms with E-state index in [0.717, 1.165) is 49.8 Å². The van der Waals surface area contributed by atoms with Crippen LogP contribution in [0.3, 0.4) is 0 Å². The molecule has 7 nitrogen and oxygen atoms in total. The Balaban J connectivity index is 1.83. The zero-order valence-electron chi connectivity index (χ0n) is 14.3. The lowest BCUT2D eigenvalue weighted by atomic mass is 10.3. The van der Waals surface area contributed by atoms with Crippen molar-refractivity contribution < 1.29 is 17.9 Å². The van der Waals surface area contributed by atoms with Gasteiger partial charge in [-0.2, -0.15) is 0 Å².